The van der Waals surface area contributed by atoms with Gasteiger partial charge < -0.3 is 13.9 Å². The smallest absolute Gasteiger partial charge is 0.308 e. The molecule has 19 heavy (non-hydrogen) atoms. The highest BCUT2D eigenvalue weighted by Crippen LogP contribution is 2.29. The molecule has 0 aliphatic rings. The first-order valence-electron chi connectivity index (χ1n) is 5.21. The van der Waals surface area contributed by atoms with Crippen molar-refractivity contribution in [2.24, 2.45) is 0 Å². The second kappa shape index (κ2) is 5.19. The second-order valence-corrected chi connectivity index (χ2v) is 5.11. The molecule has 0 spiro atoms. The lowest BCUT2D eigenvalue weighted by Crippen LogP contribution is -2.14. The second-order valence-electron chi connectivity index (χ2n) is 3.46. The van der Waals surface area contributed by atoms with Crippen LogP contribution in [0.3, 0.4) is 0 Å². The van der Waals surface area contributed by atoms with Gasteiger partial charge in [0.15, 0.2) is 0 Å². The Bertz CT molecular complexity index is 652. The van der Waals surface area contributed by atoms with Crippen LogP contribution in [0.5, 0.6) is 11.5 Å². The number of aromatic nitrogens is 1. The molecule has 102 valence electrons. The number of ether oxygens (including phenoxy) is 2. The van der Waals surface area contributed by atoms with E-state index in [0.29, 0.717) is 5.75 Å². The summed E-state index contributed by atoms with van der Waals surface area (Å²) in [6.45, 7) is 0. The van der Waals surface area contributed by atoms with Crippen LogP contribution in [0.4, 0.5) is 6.01 Å². The Kier molecular flexibility index (Phi) is 3.61. The third kappa shape index (κ3) is 2.79. The van der Waals surface area contributed by atoms with Crippen LogP contribution in [-0.2, 0) is 10.0 Å². The Balaban J connectivity index is 2.43. The quantitative estimate of drug-likeness (QED) is 0.894. The van der Waals surface area contributed by atoms with Gasteiger partial charge in [0, 0.05) is 6.07 Å². The van der Waals surface area contributed by atoms with Gasteiger partial charge in [-0.25, -0.2) is 18.1 Å². The average molecular weight is 284 g/mol. The number of nitrogens with one attached hydrogen (secondary N) is 1. The Labute approximate surface area is 110 Å². The van der Waals surface area contributed by atoms with Crippen molar-refractivity contribution in [2.45, 2.75) is 4.90 Å². The Hall–Kier alpha value is -2.22. The van der Waals surface area contributed by atoms with Crippen LogP contribution in [-0.4, -0.2) is 27.6 Å². The zero-order chi connectivity index (χ0) is 13.9. The number of rotatable bonds is 5. The minimum atomic E-state index is -3.87. The van der Waals surface area contributed by atoms with E-state index in [9.17, 15) is 8.42 Å². The molecule has 0 amide bonds. The van der Waals surface area contributed by atoms with Gasteiger partial charge in [0.2, 0.25) is 0 Å². The summed E-state index contributed by atoms with van der Waals surface area (Å²) in [4.78, 5) is 3.63. The highest BCUT2D eigenvalue weighted by Gasteiger charge is 2.22. The third-order valence-corrected chi connectivity index (χ3v) is 3.66. The Morgan fingerprint density at radius 1 is 1.26 bits per heavy atom. The van der Waals surface area contributed by atoms with E-state index in [1.54, 1.807) is 6.07 Å². The van der Waals surface area contributed by atoms with Gasteiger partial charge in [-0.15, -0.1) is 0 Å². The molecule has 0 aliphatic heterocycles. The molecule has 0 fully saturated rings. The number of anilines is 1. The van der Waals surface area contributed by atoms with E-state index < -0.39 is 10.0 Å². The molecule has 0 saturated carbocycles. The van der Waals surface area contributed by atoms with E-state index >= 15 is 0 Å². The van der Waals surface area contributed by atoms with E-state index in [1.807, 2.05) is 0 Å². The van der Waals surface area contributed by atoms with E-state index in [0.717, 1.165) is 0 Å². The fourth-order valence-electron chi connectivity index (χ4n) is 1.44. The molecule has 0 aliphatic carbocycles. The first-order valence-corrected chi connectivity index (χ1v) is 6.69. The summed E-state index contributed by atoms with van der Waals surface area (Å²) in [5.74, 6) is 0.591. The highest BCUT2D eigenvalue weighted by molar-refractivity contribution is 7.92. The maximum Gasteiger partial charge on any atom is 0.308 e. The van der Waals surface area contributed by atoms with Crippen LogP contribution in [0.2, 0.25) is 0 Å². The lowest BCUT2D eigenvalue weighted by molar-refractivity contribution is 0.392. The lowest BCUT2D eigenvalue weighted by Gasteiger charge is -2.10. The molecule has 1 aromatic heterocycles. The largest absolute Gasteiger partial charge is 0.497 e. The molecule has 7 nitrogen and oxygen atoms in total. The van der Waals surface area contributed by atoms with Gasteiger partial charge in [0.25, 0.3) is 10.0 Å². The first-order chi connectivity index (χ1) is 9.06. The predicted molar refractivity (Wildman–Crippen MR) is 66.9 cm³/mol. The number of hydrogen-bond acceptors (Lipinski definition) is 6. The number of benzene rings is 1. The molecule has 0 atom stereocenters. The van der Waals surface area contributed by atoms with E-state index in [4.69, 9.17) is 13.9 Å². The van der Waals surface area contributed by atoms with Crippen molar-refractivity contribution in [3.63, 3.8) is 0 Å². The van der Waals surface area contributed by atoms with Crippen LogP contribution in [0.25, 0.3) is 0 Å². The van der Waals surface area contributed by atoms with E-state index in [-0.39, 0.29) is 16.7 Å². The number of oxazole rings is 1. The van der Waals surface area contributed by atoms with Gasteiger partial charge in [0.05, 0.1) is 20.4 Å². The molecule has 8 heteroatoms. The Morgan fingerprint density at radius 3 is 2.63 bits per heavy atom. The van der Waals surface area contributed by atoms with Crippen molar-refractivity contribution in [1.29, 1.82) is 0 Å². The molecule has 1 heterocycles. The fourth-order valence-corrected chi connectivity index (χ4v) is 2.57. The third-order valence-electron chi connectivity index (χ3n) is 2.31. The summed E-state index contributed by atoms with van der Waals surface area (Å²) in [5.41, 5.74) is 0. The lowest BCUT2D eigenvalue weighted by atomic mass is 10.3. The van der Waals surface area contributed by atoms with E-state index in [2.05, 4.69) is 9.71 Å². The number of nitrogens with zero attached hydrogens (tertiary/aromatic N) is 1. The summed E-state index contributed by atoms with van der Waals surface area (Å²) in [6.07, 6.45) is 2.60. The van der Waals surface area contributed by atoms with Gasteiger partial charge in [0.1, 0.15) is 22.7 Å². The van der Waals surface area contributed by atoms with Crippen molar-refractivity contribution >= 4 is 16.0 Å². The predicted octanol–water partition coefficient (Wildman–Crippen LogP) is 1.49. The normalized spacial score (nSPS) is 11.1. The van der Waals surface area contributed by atoms with Crippen LogP contribution in [0.1, 0.15) is 0 Å². The summed E-state index contributed by atoms with van der Waals surface area (Å²) < 4.78 is 41.5. The van der Waals surface area contributed by atoms with Crippen molar-refractivity contribution < 1.29 is 22.3 Å². The van der Waals surface area contributed by atoms with Crippen molar-refractivity contribution in [3.8, 4) is 11.5 Å². The van der Waals surface area contributed by atoms with Crippen LogP contribution < -0.4 is 14.2 Å². The van der Waals surface area contributed by atoms with Gasteiger partial charge in [-0.2, -0.15) is 0 Å². The summed E-state index contributed by atoms with van der Waals surface area (Å²) in [6, 6.07) is 4.33. The molecule has 0 radical (unpaired) electrons. The molecule has 0 unspecified atom stereocenters. The molecule has 1 N–H and O–H groups in total. The summed E-state index contributed by atoms with van der Waals surface area (Å²) in [7, 11) is -1.04. The van der Waals surface area contributed by atoms with Gasteiger partial charge in [-0.1, -0.05) is 0 Å². The van der Waals surface area contributed by atoms with Crippen molar-refractivity contribution in [2.75, 3.05) is 18.9 Å². The summed E-state index contributed by atoms with van der Waals surface area (Å²) in [5, 5.41) is 0. The van der Waals surface area contributed by atoms with E-state index in [1.165, 1.54) is 38.8 Å². The van der Waals surface area contributed by atoms with Crippen molar-refractivity contribution in [3.05, 3.63) is 30.7 Å². The minimum Gasteiger partial charge on any atom is -0.497 e. The monoisotopic (exact) mass is 284 g/mol. The van der Waals surface area contributed by atoms with Gasteiger partial charge >= 0.3 is 6.01 Å². The fraction of sp³-hybridized carbons (Fsp3) is 0.182. The SMILES string of the molecule is COc1ccc(OC)c(S(=O)(=O)Nc2ncco2)c1. The standard InChI is InChI=1S/C11H12N2O5S/c1-16-8-3-4-9(17-2)10(7-8)19(14,15)13-11-12-5-6-18-11/h3-7H,1-2H3,(H,12,13). The van der Waals surface area contributed by atoms with Gasteiger partial charge in [-0.3, -0.25) is 0 Å². The Morgan fingerprint density at radius 2 is 2.05 bits per heavy atom. The topological polar surface area (TPSA) is 90.7 Å². The molecule has 2 rings (SSSR count). The maximum atomic E-state index is 12.2. The molecule has 0 saturated heterocycles. The highest BCUT2D eigenvalue weighted by atomic mass is 32.2. The first kappa shape index (κ1) is 13.2. The number of hydrogen-bond donors (Lipinski definition) is 1. The molecular weight excluding hydrogens is 272 g/mol. The molecule has 1 aromatic carbocycles. The number of methoxy groups -OCH3 is 2. The van der Waals surface area contributed by atoms with Crippen LogP contribution in [0.15, 0.2) is 40.0 Å². The maximum absolute atomic E-state index is 12.2. The number of sulfonamides is 1. The minimum absolute atomic E-state index is 0.0625. The zero-order valence-corrected chi connectivity index (χ0v) is 11.1. The van der Waals surface area contributed by atoms with Gasteiger partial charge in [-0.05, 0) is 12.1 Å². The molecule has 0 bridgehead atoms. The zero-order valence-electron chi connectivity index (χ0n) is 10.3. The average Bonchev–Trinajstić information content (AvgIpc) is 2.90. The summed E-state index contributed by atoms with van der Waals surface area (Å²) >= 11 is 0. The molecular formula is C11H12N2O5S. The van der Waals surface area contributed by atoms with Crippen molar-refractivity contribution in [1.82, 2.24) is 4.98 Å². The van der Waals surface area contributed by atoms with Crippen LogP contribution >= 0.6 is 0 Å². The van der Waals surface area contributed by atoms with Crippen LogP contribution in [0, 0.1) is 0 Å². The molecule has 2 aromatic rings.